The van der Waals surface area contributed by atoms with Crippen molar-refractivity contribution in [3.63, 3.8) is 0 Å². The molecule has 4 aromatic rings. The zero-order chi connectivity index (χ0) is 25.4. The number of nitrogens with one attached hydrogen (secondary N) is 1. The maximum absolute atomic E-state index is 5.92. The number of thiocarbonyl (C=S) groups is 1. The molecule has 1 aliphatic heterocycles. The van der Waals surface area contributed by atoms with Gasteiger partial charge in [0.05, 0.1) is 30.6 Å². The minimum atomic E-state index is -0.0520. The molecule has 5 nitrogen and oxygen atoms in total. The number of pyridine rings is 1. The highest BCUT2D eigenvalue weighted by Gasteiger charge is 2.41. The molecule has 184 valence electrons. The molecule has 2 aromatic carbocycles. The largest absolute Gasteiger partial charge is 0.497 e. The fraction of sp³-hybridized carbons (Fsp3) is 0.267. The van der Waals surface area contributed by atoms with E-state index in [1.807, 2.05) is 30.5 Å². The molecule has 2 atom stereocenters. The van der Waals surface area contributed by atoms with E-state index < -0.39 is 0 Å². The van der Waals surface area contributed by atoms with Crippen LogP contribution in [-0.2, 0) is 6.54 Å². The fourth-order valence-corrected chi connectivity index (χ4v) is 5.74. The third-order valence-electron chi connectivity index (χ3n) is 7.16. The predicted molar refractivity (Wildman–Crippen MR) is 149 cm³/mol. The predicted octanol–water partition coefficient (Wildman–Crippen LogP) is 6.29. The maximum Gasteiger partial charge on any atom is 0.170 e. The van der Waals surface area contributed by atoms with E-state index in [9.17, 15) is 0 Å². The van der Waals surface area contributed by atoms with Crippen molar-refractivity contribution in [3.05, 3.63) is 112 Å². The molecule has 0 bridgehead atoms. The molecular formula is C30H32N4OS. The Labute approximate surface area is 218 Å². The van der Waals surface area contributed by atoms with Gasteiger partial charge in [-0.05, 0) is 92.5 Å². The summed E-state index contributed by atoms with van der Waals surface area (Å²) in [6.45, 7) is 9.46. The van der Waals surface area contributed by atoms with Crippen molar-refractivity contribution in [2.45, 2.75) is 46.3 Å². The minimum Gasteiger partial charge on any atom is -0.497 e. The SMILES string of the molecule is COc1ccc(CN2C(=S)NC(c3ccccn3)C2c2cc(C)n(-c3c(C)cccc3C)c2C)cc1. The first-order valence-electron chi connectivity index (χ1n) is 12.3. The van der Waals surface area contributed by atoms with Crippen molar-refractivity contribution in [2.24, 2.45) is 0 Å². The number of ether oxygens (including phenoxy) is 1. The number of aromatic nitrogens is 2. The molecule has 36 heavy (non-hydrogen) atoms. The molecule has 1 N–H and O–H groups in total. The number of hydrogen-bond donors (Lipinski definition) is 1. The Kier molecular flexibility index (Phi) is 6.54. The molecule has 3 heterocycles. The van der Waals surface area contributed by atoms with Gasteiger partial charge in [-0.1, -0.05) is 36.4 Å². The third kappa shape index (κ3) is 4.26. The Bertz CT molecular complexity index is 1370. The Morgan fingerprint density at radius 1 is 0.944 bits per heavy atom. The van der Waals surface area contributed by atoms with Gasteiger partial charge >= 0.3 is 0 Å². The second-order valence-electron chi connectivity index (χ2n) is 9.50. The van der Waals surface area contributed by atoms with Crippen molar-refractivity contribution in [1.29, 1.82) is 0 Å². The monoisotopic (exact) mass is 496 g/mol. The summed E-state index contributed by atoms with van der Waals surface area (Å²) in [4.78, 5) is 7.01. The van der Waals surface area contributed by atoms with Crippen LogP contribution in [0, 0.1) is 27.7 Å². The van der Waals surface area contributed by atoms with Gasteiger partial charge in [-0.25, -0.2) is 0 Å². The van der Waals surface area contributed by atoms with E-state index >= 15 is 0 Å². The molecule has 0 amide bonds. The molecule has 1 saturated heterocycles. The first kappa shape index (κ1) is 24.1. The number of aryl methyl sites for hydroxylation is 3. The van der Waals surface area contributed by atoms with Crippen molar-refractivity contribution >= 4 is 17.3 Å². The van der Waals surface area contributed by atoms with Gasteiger partial charge in [-0.2, -0.15) is 0 Å². The van der Waals surface area contributed by atoms with E-state index in [1.54, 1.807) is 7.11 Å². The van der Waals surface area contributed by atoms with Crippen LogP contribution in [0.3, 0.4) is 0 Å². The molecule has 0 saturated carbocycles. The van der Waals surface area contributed by atoms with Gasteiger partial charge < -0.3 is 19.5 Å². The quantitative estimate of drug-likeness (QED) is 0.318. The Hall–Kier alpha value is -3.64. The number of nitrogens with zero attached hydrogens (tertiary/aromatic N) is 3. The van der Waals surface area contributed by atoms with Crippen LogP contribution in [0.5, 0.6) is 5.75 Å². The Morgan fingerprint density at radius 2 is 1.67 bits per heavy atom. The molecule has 6 heteroatoms. The van der Waals surface area contributed by atoms with Gasteiger partial charge in [0.2, 0.25) is 0 Å². The fourth-order valence-electron chi connectivity index (χ4n) is 5.43. The molecule has 2 aromatic heterocycles. The summed E-state index contributed by atoms with van der Waals surface area (Å²) in [6, 6.07) is 23.0. The van der Waals surface area contributed by atoms with E-state index in [1.165, 1.54) is 39.3 Å². The summed E-state index contributed by atoms with van der Waals surface area (Å²) in [6.07, 6.45) is 1.85. The summed E-state index contributed by atoms with van der Waals surface area (Å²) >= 11 is 5.92. The minimum absolute atomic E-state index is 0.00113. The molecule has 5 rings (SSSR count). The van der Waals surface area contributed by atoms with Crippen molar-refractivity contribution in [2.75, 3.05) is 7.11 Å². The van der Waals surface area contributed by atoms with Crippen molar-refractivity contribution < 1.29 is 4.74 Å². The normalized spacial score (nSPS) is 17.4. The van der Waals surface area contributed by atoms with Crippen LogP contribution in [0.15, 0.2) is 72.9 Å². The smallest absolute Gasteiger partial charge is 0.170 e. The lowest BCUT2D eigenvalue weighted by atomic mass is 9.96. The third-order valence-corrected chi connectivity index (χ3v) is 7.51. The standard InChI is InChI=1S/C30H32N4OS/c1-19-9-8-10-20(2)28(19)34-21(3)17-25(22(34)4)29-27(26-11-6-7-16-31-26)32-30(36)33(29)18-23-12-14-24(35-5)15-13-23/h6-17,27,29H,18H2,1-5H3,(H,32,36). The Morgan fingerprint density at radius 3 is 2.31 bits per heavy atom. The first-order valence-corrected chi connectivity index (χ1v) is 12.7. The molecule has 1 aliphatic rings. The van der Waals surface area contributed by atoms with E-state index in [0.717, 1.165) is 16.6 Å². The highest BCUT2D eigenvalue weighted by atomic mass is 32.1. The van der Waals surface area contributed by atoms with Crippen LogP contribution in [0.25, 0.3) is 5.69 Å². The lowest BCUT2D eigenvalue weighted by Gasteiger charge is -2.28. The summed E-state index contributed by atoms with van der Waals surface area (Å²) in [5.41, 5.74) is 9.63. The van der Waals surface area contributed by atoms with Crippen LogP contribution < -0.4 is 10.1 Å². The summed E-state index contributed by atoms with van der Waals surface area (Å²) in [5.74, 6) is 0.848. The summed E-state index contributed by atoms with van der Waals surface area (Å²) < 4.78 is 7.75. The second kappa shape index (κ2) is 9.78. The van der Waals surface area contributed by atoms with Gasteiger partial charge in [-0.15, -0.1) is 0 Å². The highest BCUT2D eigenvalue weighted by molar-refractivity contribution is 7.80. The number of methoxy groups -OCH3 is 1. The zero-order valence-corrected chi connectivity index (χ0v) is 22.3. The lowest BCUT2D eigenvalue weighted by molar-refractivity contribution is 0.310. The van der Waals surface area contributed by atoms with Crippen molar-refractivity contribution in [3.8, 4) is 11.4 Å². The molecule has 0 spiro atoms. The molecule has 0 radical (unpaired) electrons. The van der Waals surface area contributed by atoms with E-state index in [2.05, 4.69) is 84.9 Å². The second-order valence-corrected chi connectivity index (χ2v) is 9.89. The number of para-hydroxylation sites is 1. The Balaban J connectivity index is 1.62. The average molecular weight is 497 g/mol. The van der Waals surface area contributed by atoms with Crippen LogP contribution in [0.4, 0.5) is 0 Å². The van der Waals surface area contributed by atoms with Crippen LogP contribution >= 0.6 is 12.2 Å². The lowest BCUT2D eigenvalue weighted by Crippen LogP contribution is -2.29. The van der Waals surface area contributed by atoms with Gasteiger partial charge in [0.1, 0.15) is 5.75 Å². The summed E-state index contributed by atoms with van der Waals surface area (Å²) in [5, 5.41) is 4.33. The average Bonchev–Trinajstić information content (AvgIpc) is 3.35. The topological polar surface area (TPSA) is 42.3 Å². The van der Waals surface area contributed by atoms with Gasteiger partial charge in [-0.3, -0.25) is 4.98 Å². The van der Waals surface area contributed by atoms with Crippen molar-refractivity contribution in [1.82, 2.24) is 19.8 Å². The van der Waals surface area contributed by atoms with Gasteiger partial charge in [0, 0.05) is 24.1 Å². The van der Waals surface area contributed by atoms with Crippen LogP contribution in [-0.4, -0.2) is 26.7 Å². The van der Waals surface area contributed by atoms with Crippen LogP contribution in [0.2, 0.25) is 0 Å². The van der Waals surface area contributed by atoms with Gasteiger partial charge in [0.15, 0.2) is 5.11 Å². The van der Waals surface area contributed by atoms with E-state index in [-0.39, 0.29) is 12.1 Å². The number of hydrogen-bond acceptors (Lipinski definition) is 3. The maximum atomic E-state index is 5.92. The van der Waals surface area contributed by atoms with E-state index in [4.69, 9.17) is 21.9 Å². The molecule has 0 aliphatic carbocycles. The highest BCUT2D eigenvalue weighted by Crippen LogP contribution is 2.42. The number of rotatable bonds is 6. The summed E-state index contributed by atoms with van der Waals surface area (Å²) in [7, 11) is 1.69. The van der Waals surface area contributed by atoms with Crippen LogP contribution in [0.1, 0.15) is 51.4 Å². The zero-order valence-electron chi connectivity index (χ0n) is 21.4. The molecular weight excluding hydrogens is 464 g/mol. The molecule has 2 unspecified atom stereocenters. The molecule has 1 fully saturated rings. The first-order chi connectivity index (χ1) is 17.4. The van der Waals surface area contributed by atoms with E-state index in [0.29, 0.717) is 6.54 Å². The number of benzene rings is 2. The van der Waals surface area contributed by atoms with Gasteiger partial charge in [0.25, 0.3) is 0 Å².